The van der Waals surface area contributed by atoms with Gasteiger partial charge in [0.1, 0.15) is 5.75 Å². The highest BCUT2D eigenvalue weighted by molar-refractivity contribution is 5.91. The number of anilines is 1. The molecule has 3 N–H and O–H groups in total. The van der Waals surface area contributed by atoms with Crippen LogP contribution in [0.5, 0.6) is 5.75 Å². The van der Waals surface area contributed by atoms with Gasteiger partial charge in [0.25, 0.3) is 0 Å². The van der Waals surface area contributed by atoms with E-state index in [1.807, 2.05) is 36.4 Å². The van der Waals surface area contributed by atoms with Crippen molar-refractivity contribution in [1.82, 2.24) is 5.32 Å². The fourth-order valence-electron chi connectivity index (χ4n) is 2.96. The van der Waals surface area contributed by atoms with Gasteiger partial charge in [0, 0.05) is 19.2 Å². The average Bonchev–Trinajstić information content (AvgIpc) is 2.61. The van der Waals surface area contributed by atoms with Gasteiger partial charge in [-0.25, -0.2) is 0 Å². The Morgan fingerprint density at radius 2 is 1.80 bits per heavy atom. The van der Waals surface area contributed by atoms with Crippen LogP contribution in [-0.2, 0) is 11.2 Å². The van der Waals surface area contributed by atoms with E-state index in [2.05, 4.69) is 23.5 Å². The molecular weight excluding hydrogens is 312 g/mol. The van der Waals surface area contributed by atoms with Crippen molar-refractivity contribution in [3.8, 4) is 16.9 Å². The van der Waals surface area contributed by atoms with Crippen LogP contribution < -0.4 is 15.8 Å². The number of nitrogen functional groups attached to an aromatic ring is 1. The number of ether oxygens (including phenoxy) is 1. The van der Waals surface area contributed by atoms with Crippen LogP contribution >= 0.6 is 0 Å². The van der Waals surface area contributed by atoms with E-state index in [1.165, 1.54) is 12.5 Å². The average molecular weight is 334 g/mol. The molecule has 0 aromatic heterocycles. The molecule has 4 heteroatoms. The van der Waals surface area contributed by atoms with Crippen LogP contribution in [0, 0.1) is 0 Å². The summed E-state index contributed by atoms with van der Waals surface area (Å²) in [5.41, 5.74) is 9.98. The molecule has 4 nitrogen and oxygen atoms in total. The van der Waals surface area contributed by atoms with Gasteiger partial charge in [0.2, 0.25) is 5.91 Å². The molecule has 0 saturated heterocycles. The molecule has 25 heavy (non-hydrogen) atoms. The second kappa shape index (κ2) is 7.26. The Hall–Kier alpha value is -3.01. The monoisotopic (exact) mass is 334 g/mol. The first-order valence-electron chi connectivity index (χ1n) is 8.28. The molecule has 0 saturated carbocycles. The number of rotatable bonds is 5. The molecule has 0 aliphatic rings. The quantitative estimate of drug-likeness (QED) is 0.698. The van der Waals surface area contributed by atoms with Crippen LogP contribution in [-0.4, -0.2) is 19.6 Å². The summed E-state index contributed by atoms with van der Waals surface area (Å²) in [5, 5.41) is 5.16. The summed E-state index contributed by atoms with van der Waals surface area (Å²) >= 11 is 0. The summed E-state index contributed by atoms with van der Waals surface area (Å²) in [5.74, 6) is 0.810. The maximum absolute atomic E-state index is 11.2. The van der Waals surface area contributed by atoms with Gasteiger partial charge < -0.3 is 15.8 Å². The van der Waals surface area contributed by atoms with E-state index in [1.54, 1.807) is 7.11 Å². The maximum Gasteiger partial charge on any atom is 0.216 e. The van der Waals surface area contributed by atoms with Gasteiger partial charge in [-0.1, -0.05) is 24.3 Å². The van der Waals surface area contributed by atoms with Crippen molar-refractivity contribution in [3.05, 3.63) is 60.2 Å². The standard InChI is InChI=1S/C21H22N2O2/c1-14(24)23-10-9-17-12-18(15-3-6-19(22)7-4-15)11-16-5-8-20(25-2)13-21(16)17/h3-8,11-13H,9-10,22H2,1-2H3,(H,23,24). The molecule has 0 fully saturated rings. The second-order valence-electron chi connectivity index (χ2n) is 6.08. The lowest BCUT2D eigenvalue weighted by Gasteiger charge is -2.13. The van der Waals surface area contributed by atoms with Crippen molar-refractivity contribution in [3.63, 3.8) is 0 Å². The molecule has 0 bridgehead atoms. The second-order valence-corrected chi connectivity index (χ2v) is 6.08. The van der Waals surface area contributed by atoms with Crippen LogP contribution in [0.15, 0.2) is 54.6 Å². The third-order valence-electron chi connectivity index (χ3n) is 4.26. The zero-order valence-corrected chi connectivity index (χ0v) is 14.5. The lowest BCUT2D eigenvalue weighted by molar-refractivity contribution is -0.118. The molecule has 0 aliphatic heterocycles. The summed E-state index contributed by atoms with van der Waals surface area (Å²) in [7, 11) is 1.67. The van der Waals surface area contributed by atoms with Gasteiger partial charge >= 0.3 is 0 Å². The number of methoxy groups -OCH3 is 1. The minimum absolute atomic E-state index is 0.0171. The van der Waals surface area contributed by atoms with Gasteiger partial charge in [-0.2, -0.15) is 0 Å². The number of benzene rings is 3. The van der Waals surface area contributed by atoms with E-state index in [0.29, 0.717) is 6.54 Å². The number of nitrogens with one attached hydrogen (secondary N) is 1. The van der Waals surface area contributed by atoms with Crippen molar-refractivity contribution in [2.75, 3.05) is 19.4 Å². The Morgan fingerprint density at radius 1 is 1.04 bits per heavy atom. The molecule has 0 spiro atoms. The number of amides is 1. The predicted molar refractivity (Wildman–Crippen MR) is 103 cm³/mol. The van der Waals surface area contributed by atoms with Gasteiger partial charge in [-0.05, 0) is 64.2 Å². The largest absolute Gasteiger partial charge is 0.497 e. The molecule has 1 amide bonds. The minimum Gasteiger partial charge on any atom is -0.497 e. The van der Waals surface area contributed by atoms with Gasteiger partial charge in [-0.3, -0.25) is 4.79 Å². The Balaban J connectivity index is 2.06. The zero-order valence-electron chi connectivity index (χ0n) is 14.5. The van der Waals surface area contributed by atoms with Crippen molar-refractivity contribution in [2.24, 2.45) is 0 Å². The number of hydrogen-bond acceptors (Lipinski definition) is 3. The van der Waals surface area contributed by atoms with Crippen molar-refractivity contribution < 1.29 is 9.53 Å². The summed E-state index contributed by atoms with van der Waals surface area (Å²) in [4.78, 5) is 11.2. The molecular formula is C21H22N2O2. The summed E-state index contributed by atoms with van der Waals surface area (Å²) in [6.07, 6.45) is 0.756. The van der Waals surface area contributed by atoms with E-state index in [0.717, 1.165) is 39.8 Å². The molecule has 0 atom stereocenters. The number of hydrogen-bond donors (Lipinski definition) is 2. The number of fused-ring (bicyclic) bond motifs is 1. The normalized spacial score (nSPS) is 10.6. The van der Waals surface area contributed by atoms with Gasteiger partial charge in [-0.15, -0.1) is 0 Å². The van der Waals surface area contributed by atoms with Crippen LogP contribution in [0.25, 0.3) is 21.9 Å². The van der Waals surface area contributed by atoms with E-state index in [-0.39, 0.29) is 5.91 Å². The van der Waals surface area contributed by atoms with Gasteiger partial charge in [0.05, 0.1) is 7.11 Å². The van der Waals surface area contributed by atoms with E-state index in [9.17, 15) is 4.79 Å². The van der Waals surface area contributed by atoms with Gasteiger partial charge in [0.15, 0.2) is 0 Å². The lowest BCUT2D eigenvalue weighted by atomic mass is 9.95. The third kappa shape index (κ3) is 3.91. The highest BCUT2D eigenvalue weighted by atomic mass is 16.5. The fourth-order valence-corrected chi connectivity index (χ4v) is 2.96. The zero-order chi connectivity index (χ0) is 17.8. The molecule has 3 rings (SSSR count). The Kier molecular flexibility index (Phi) is 4.89. The van der Waals surface area contributed by atoms with Crippen LogP contribution in [0.1, 0.15) is 12.5 Å². The van der Waals surface area contributed by atoms with Crippen LogP contribution in [0.3, 0.4) is 0 Å². The summed E-state index contributed by atoms with van der Waals surface area (Å²) < 4.78 is 5.36. The SMILES string of the molecule is COc1ccc2cc(-c3ccc(N)cc3)cc(CCNC(C)=O)c2c1. The van der Waals surface area contributed by atoms with Crippen molar-refractivity contribution >= 4 is 22.4 Å². The first-order valence-corrected chi connectivity index (χ1v) is 8.28. The number of carbonyl (C=O) groups excluding carboxylic acids is 1. The van der Waals surface area contributed by atoms with E-state index >= 15 is 0 Å². The molecule has 0 heterocycles. The summed E-state index contributed by atoms with van der Waals surface area (Å²) in [6.45, 7) is 2.14. The predicted octanol–water partition coefficient (Wildman–Crippen LogP) is 3.78. The van der Waals surface area contributed by atoms with Crippen LogP contribution in [0.4, 0.5) is 5.69 Å². The lowest BCUT2D eigenvalue weighted by Crippen LogP contribution is -2.22. The Bertz CT molecular complexity index is 902. The molecule has 0 unspecified atom stereocenters. The van der Waals surface area contributed by atoms with Crippen molar-refractivity contribution in [1.29, 1.82) is 0 Å². The first kappa shape index (κ1) is 16.8. The minimum atomic E-state index is -0.0171. The molecule has 3 aromatic carbocycles. The Morgan fingerprint density at radius 3 is 2.48 bits per heavy atom. The van der Waals surface area contributed by atoms with E-state index in [4.69, 9.17) is 10.5 Å². The molecule has 128 valence electrons. The third-order valence-corrected chi connectivity index (χ3v) is 4.26. The molecule has 0 aliphatic carbocycles. The van der Waals surface area contributed by atoms with Crippen molar-refractivity contribution in [2.45, 2.75) is 13.3 Å². The van der Waals surface area contributed by atoms with E-state index < -0.39 is 0 Å². The highest BCUT2D eigenvalue weighted by Crippen LogP contribution is 2.31. The maximum atomic E-state index is 11.2. The molecule has 0 radical (unpaired) electrons. The number of nitrogens with two attached hydrogens (primary N) is 1. The molecule has 3 aromatic rings. The summed E-state index contributed by atoms with van der Waals surface area (Å²) in [6, 6.07) is 18.3. The fraction of sp³-hybridized carbons (Fsp3) is 0.190. The first-order chi connectivity index (χ1) is 12.1. The highest BCUT2D eigenvalue weighted by Gasteiger charge is 2.08. The number of carbonyl (C=O) groups is 1. The topological polar surface area (TPSA) is 64.3 Å². The Labute approximate surface area is 147 Å². The van der Waals surface area contributed by atoms with Crippen LogP contribution in [0.2, 0.25) is 0 Å². The smallest absolute Gasteiger partial charge is 0.216 e.